The summed E-state index contributed by atoms with van der Waals surface area (Å²) >= 11 is 0. The summed E-state index contributed by atoms with van der Waals surface area (Å²) in [5.74, 6) is 1.50. The second-order valence-corrected chi connectivity index (χ2v) is 6.45. The van der Waals surface area contributed by atoms with Crippen LogP contribution in [0.4, 0.5) is 11.5 Å². The monoisotopic (exact) mass is 351 g/mol. The molecule has 0 aliphatic carbocycles. The molecule has 0 aliphatic heterocycles. The molecule has 0 bridgehead atoms. The lowest BCUT2D eigenvalue weighted by atomic mass is 10.1. The average Bonchev–Trinajstić information content (AvgIpc) is 3.09. The molecule has 0 unspecified atom stereocenters. The van der Waals surface area contributed by atoms with Crippen molar-refractivity contribution in [3.63, 3.8) is 0 Å². The normalized spacial score (nSPS) is 11.1. The van der Waals surface area contributed by atoms with Gasteiger partial charge >= 0.3 is 0 Å². The van der Waals surface area contributed by atoms with Crippen LogP contribution in [0.2, 0.25) is 0 Å². The summed E-state index contributed by atoms with van der Waals surface area (Å²) in [6.07, 6.45) is 1.87. The van der Waals surface area contributed by atoms with E-state index in [0.717, 1.165) is 38.9 Å². The highest BCUT2D eigenvalue weighted by molar-refractivity contribution is 5.93. The van der Waals surface area contributed by atoms with Gasteiger partial charge in [-0.25, -0.2) is 9.97 Å². The fourth-order valence-electron chi connectivity index (χ4n) is 3.27. The molecule has 3 aromatic carbocycles. The minimum atomic E-state index is 0.708. The zero-order valence-corrected chi connectivity index (χ0v) is 14.8. The molecule has 0 amide bonds. The highest BCUT2D eigenvalue weighted by Gasteiger charge is 2.10. The van der Waals surface area contributed by atoms with Gasteiger partial charge in [0.1, 0.15) is 5.82 Å². The van der Waals surface area contributed by atoms with Crippen molar-refractivity contribution >= 4 is 33.3 Å². The van der Waals surface area contributed by atoms with Crippen molar-refractivity contribution in [1.29, 1.82) is 0 Å². The van der Waals surface area contributed by atoms with Gasteiger partial charge in [0.2, 0.25) is 0 Å². The zero-order chi connectivity index (χ0) is 18.2. The molecular formula is C22H17N5. The standard InChI is InChI=1S/C22H17N5/c1-27-20-12-11-17(13-16(20)14-23-27)24-22-18-9-5-6-10-19(18)25-21(26-22)15-7-3-2-4-8-15/h2-14H,1H3,(H,24,25,26). The van der Waals surface area contributed by atoms with E-state index in [0.29, 0.717) is 5.82 Å². The third-order valence-corrected chi connectivity index (χ3v) is 4.64. The fourth-order valence-corrected chi connectivity index (χ4v) is 3.27. The van der Waals surface area contributed by atoms with E-state index in [1.54, 1.807) is 0 Å². The number of benzene rings is 3. The Balaban J connectivity index is 1.64. The van der Waals surface area contributed by atoms with Crippen LogP contribution in [-0.4, -0.2) is 19.7 Å². The van der Waals surface area contributed by atoms with Crippen molar-refractivity contribution < 1.29 is 0 Å². The first-order valence-corrected chi connectivity index (χ1v) is 8.79. The van der Waals surface area contributed by atoms with Crippen molar-refractivity contribution in [3.05, 3.63) is 79.0 Å². The smallest absolute Gasteiger partial charge is 0.162 e. The van der Waals surface area contributed by atoms with Gasteiger partial charge in [0.05, 0.1) is 17.2 Å². The van der Waals surface area contributed by atoms with Gasteiger partial charge in [-0.2, -0.15) is 5.10 Å². The van der Waals surface area contributed by atoms with Crippen LogP contribution < -0.4 is 5.32 Å². The molecule has 2 aromatic heterocycles. The average molecular weight is 351 g/mol. The molecule has 2 heterocycles. The maximum Gasteiger partial charge on any atom is 0.162 e. The van der Waals surface area contributed by atoms with Gasteiger partial charge in [0.25, 0.3) is 0 Å². The summed E-state index contributed by atoms with van der Waals surface area (Å²) in [6, 6.07) is 24.3. The highest BCUT2D eigenvalue weighted by Crippen LogP contribution is 2.28. The summed E-state index contributed by atoms with van der Waals surface area (Å²) in [7, 11) is 1.94. The van der Waals surface area contributed by atoms with E-state index in [1.807, 2.05) is 78.6 Å². The lowest BCUT2D eigenvalue weighted by Crippen LogP contribution is -1.99. The molecule has 0 spiro atoms. The number of hydrogen-bond acceptors (Lipinski definition) is 4. The Morgan fingerprint density at radius 2 is 1.67 bits per heavy atom. The van der Waals surface area contributed by atoms with Gasteiger partial charge in [-0.15, -0.1) is 0 Å². The number of fused-ring (bicyclic) bond motifs is 2. The van der Waals surface area contributed by atoms with Crippen LogP contribution in [0.5, 0.6) is 0 Å². The molecule has 0 aliphatic rings. The van der Waals surface area contributed by atoms with Gasteiger partial charge in [0, 0.05) is 29.1 Å². The van der Waals surface area contributed by atoms with Crippen LogP contribution >= 0.6 is 0 Å². The van der Waals surface area contributed by atoms with E-state index in [2.05, 4.69) is 22.5 Å². The predicted octanol–water partition coefficient (Wildman–Crippen LogP) is 4.93. The van der Waals surface area contributed by atoms with Crippen LogP contribution in [0.3, 0.4) is 0 Å². The zero-order valence-electron chi connectivity index (χ0n) is 14.8. The van der Waals surface area contributed by atoms with E-state index in [4.69, 9.17) is 9.97 Å². The molecule has 0 fully saturated rings. The van der Waals surface area contributed by atoms with Crippen molar-refractivity contribution in [1.82, 2.24) is 19.7 Å². The first-order valence-electron chi connectivity index (χ1n) is 8.79. The molecule has 0 radical (unpaired) electrons. The molecule has 5 rings (SSSR count). The molecule has 0 saturated carbocycles. The van der Waals surface area contributed by atoms with E-state index in [9.17, 15) is 0 Å². The van der Waals surface area contributed by atoms with Crippen molar-refractivity contribution in [2.75, 3.05) is 5.32 Å². The van der Waals surface area contributed by atoms with Gasteiger partial charge in [0.15, 0.2) is 5.82 Å². The molecule has 0 saturated heterocycles. The summed E-state index contributed by atoms with van der Waals surface area (Å²) in [4.78, 5) is 9.55. The van der Waals surface area contributed by atoms with Crippen LogP contribution in [0.15, 0.2) is 79.0 Å². The second kappa shape index (κ2) is 6.21. The predicted molar refractivity (Wildman–Crippen MR) is 109 cm³/mol. The highest BCUT2D eigenvalue weighted by atomic mass is 15.2. The molecule has 5 aromatic rings. The van der Waals surface area contributed by atoms with Gasteiger partial charge in [-0.3, -0.25) is 4.68 Å². The Hall–Kier alpha value is -3.73. The largest absolute Gasteiger partial charge is 0.340 e. The number of aromatic nitrogens is 4. The molecule has 1 N–H and O–H groups in total. The summed E-state index contributed by atoms with van der Waals surface area (Å²) < 4.78 is 1.87. The third-order valence-electron chi connectivity index (χ3n) is 4.64. The minimum Gasteiger partial charge on any atom is -0.340 e. The van der Waals surface area contributed by atoms with Crippen LogP contribution in [0.25, 0.3) is 33.2 Å². The molecule has 5 heteroatoms. The first-order chi connectivity index (χ1) is 13.3. The molecular weight excluding hydrogens is 334 g/mol. The number of anilines is 2. The molecule has 5 nitrogen and oxygen atoms in total. The maximum absolute atomic E-state index is 4.81. The van der Waals surface area contributed by atoms with Crippen molar-refractivity contribution in [2.24, 2.45) is 7.05 Å². The van der Waals surface area contributed by atoms with E-state index in [-0.39, 0.29) is 0 Å². The van der Waals surface area contributed by atoms with E-state index >= 15 is 0 Å². The summed E-state index contributed by atoms with van der Waals surface area (Å²) in [5.41, 5.74) is 3.97. The number of rotatable bonds is 3. The van der Waals surface area contributed by atoms with Gasteiger partial charge in [-0.05, 0) is 30.3 Å². The quantitative estimate of drug-likeness (QED) is 0.501. The number of nitrogens with one attached hydrogen (secondary N) is 1. The Bertz CT molecular complexity index is 1260. The van der Waals surface area contributed by atoms with E-state index < -0.39 is 0 Å². The number of nitrogens with zero attached hydrogens (tertiary/aromatic N) is 4. The number of aryl methyl sites for hydroxylation is 1. The lowest BCUT2D eigenvalue weighted by Gasteiger charge is -2.11. The van der Waals surface area contributed by atoms with Crippen LogP contribution in [0.1, 0.15) is 0 Å². The molecule has 0 atom stereocenters. The van der Waals surface area contributed by atoms with Gasteiger partial charge in [-0.1, -0.05) is 42.5 Å². The van der Waals surface area contributed by atoms with Crippen LogP contribution in [-0.2, 0) is 7.05 Å². The summed E-state index contributed by atoms with van der Waals surface area (Å²) in [6.45, 7) is 0. The first kappa shape index (κ1) is 15.5. The number of hydrogen-bond donors (Lipinski definition) is 1. The third kappa shape index (κ3) is 2.79. The number of para-hydroxylation sites is 1. The van der Waals surface area contributed by atoms with Gasteiger partial charge < -0.3 is 5.32 Å². The maximum atomic E-state index is 4.81. The van der Waals surface area contributed by atoms with Crippen molar-refractivity contribution in [2.45, 2.75) is 0 Å². The molecule has 130 valence electrons. The fraction of sp³-hybridized carbons (Fsp3) is 0.0455. The summed E-state index contributed by atoms with van der Waals surface area (Å²) in [5, 5.41) is 9.86. The Labute approximate surface area is 156 Å². The SMILES string of the molecule is Cn1ncc2cc(Nc3nc(-c4ccccc4)nc4ccccc34)ccc21. The van der Waals surface area contributed by atoms with Crippen molar-refractivity contribution in [3.8, 4) is 11.4 Å². The molecule has 27 heavy (non-hydrogen) atoms. The van der Waals surface area contributed by atoms with Crippen LogP contribution in [0, 0.1) is 0 Å². The minimum absolute atomic E-state index is 0.708. The van der Waals surface area contributed by atoms with E-state index in [1.165, 1.54) is 0 Å². The Morgan fingerprint density at radius 1 is 0.852 bits per heavy atom. The topological polar surface area (TPSA) is 55.6 Å². The Kier molecular flexibility index (Phi) is 3.57. The lowest BCUT2D eigenvalue weighted by molar-refractivity contribution is 0.797. The Morgan fingerprint density at radius 3 is 2.56 bits per heavy atom. The second-order valence-electron chi connectivity index (χ2n) is 6.45.